The summed E-state index contributed by atoms with van der Waals surface area (Å²) >= 11 is 0. The summed E-state index contributed by atoms with van der Waals surface area (Å²) in [5.74, 6) is 0.750. The summed E-state index contributed by atoms with van der Waals surface area (Å²) in [7, 11) is 1.94. The maximum Gasteiger partial charge on any atom is 0.220 e. The molecule has 1 heterocycles. The standard InChI is InChI=1S/C15H27N3O/c1-6-13(7-2)10-16-15(19)9-8-14-11(3)17-18(5)12(14)4/h13H,6-10H2,1-5H3,(H,16,19). The normalized spacial score (nSPS) is 11.1. The van der Waals surface area contributed by atoms with Crippen LogP contribution in [-0.4, -0.2) is 22.2 Å². The first-order valence-corrected chi connectivity index (χ1v) is 7.25. The number of carbonyl (C=O) groups excluding carboxylic acids is 1. The number of carbonyl (C=O) groups is 1. The molecule has 1 aromatic rings. The van der Waals surface area contributed by atoms with Gasteiger partial charge in [-0.3, -0.25) is 9.48 Å². The summed E-state index contributed by atoms with van der Waals surface area (Å²) in [6.45, 7) is 9.20. The van der Waals surface area contributed by atoms with Gasteiger partial charge in [0.1, 0.15) is 0 Å². The Kier molecular flexibility index (Phi) is 6.06. The molecular weight excluding hydrogens is 238 g/mol. The summed E-state index contributed by atoms with van der Waals surface area (Å²) < 4.78 is 1.88. The molecule has 1 amide bonds. The minimum Gasteiger partial charge on any atom is -0.356 e. The quantitative estimate of drug-likeness (QED) is 0.823. The molecule has 0 aromatic carbocycles. The van der Waals surface area contributed by atoms with Gasteiger partial charge in [0.15, 0.2) is 0 Å². The number of nitrogens with one attached hydrogen (secondary N) is 1. The topological polar surface area (TPSA) is 46.9 Å². The van der Waals surface area contributed by atoms with E-state index in [0.29, 0.717) is 12.3 Å². The van der Waals surface area contributed by atoms with E-state index in [1.54, 1.807) is 0 Å². The second-order valence-corrected chi connectivity index (χ2v) is 5.26. The third-order valence-electron chi connectivity index (χ3n) is 4.00. The van der Waals surface area contributed by atoms with Gasteiger partial charge >= 0.3 is 0 Å². The molecule has 0 aliphatic carbocycles. The first kappa shape index (κ1) is 15.7. The lowest BCUT2D eigenvalue weighted by molar-refractivity contribution is -0.121. The maximum absolute atomic E-state index is 11.8. The predicted octanol–water partition coefficient (Wildman–Crippen LogP) is 2.52. The number of nitrogens with zero attached hydrogens (tertiary/aromatic N) is 2. The zero-order valence-corrected chi connectivity index (χ0v) is 12.9. The van der Waals surface area contributed by atoms with Crippen molar-refractivity contribution in [3.8, 4) is 0 Å². The Balaban J connectivity index is 2.42. The van der Waals surface area contributed by atoms with Crippen LogP contribution in [0.2, 0.25) is 0 Å². The predicted molar refractivity (Wildman–Crippen MR) is 78.1 cm³/mol. The van der Waals surface area contributed by atoms with Crippen LogP contribution in [0.25, 0.3) is 0 Å². The highest BCUT2D eigenvalue weighted by atomic mass is 16.1. The Hall–Kier alpha value is -1.32. The highest BCUT2D eigenvalue weighted by Crippen LogP contribution is 2.14. The monoisotopic (exact) mass is 265 g/mol. The average molecular weight is 265 g/mol. The largest absolute Gasteiger partial charge is 0.356 e. The highest BCUT2D eigenvalue weighted by molar-refractivity contribution is 5.76. The van der Waals surface area contributed by atoms with Crippen LogP contribution in [0.5, 0.6) is 0 Å². The van der Waals surface area contributed by atoms with Gasteiger partial charge in [0, 0.05) is 25.7 Å². The van der Waals surface area contributed by atoms with E-state index in [-0.39, 0.29) is 5.91 Å². The molecule has 0 aliphatic rings. The summed E-state index contributed by atoms with van der Waals surface area (Å²) in [5, 5.41) is 7.41. The Labute approximate surface area is 116 Å². The van der Waals surface area contributed by atoms with Crippen LogP contribution in [0, 0.1) is 19.8 Å². The van der Waals surface area contributed by atoms with Crippen LogP contribution in [0.4, 0.5) is 0 Å². The molecule has 0 saturated heterocycles. The molecule has 0 unspecified atom stereocenters. The average Bonchev–Trinajstić information content (AvgIpc) is 2.62. The van der Waals surface area contributed by atoms with Gasteiger partial charge in [0.25, 0.3) is 0 Å². The molecule has 1 N–H and O–H groups in total. The van der Waals surface area contributed by atoms with Crippen molar-refractivity contribution in [2.45, 2.75) is 53.4 Å². The molecule has 0 bridgehead atoms. The number of rotatable bonds is 7. The second kappa shape index (κ2) is 7.31. The van der Waals surface area contributed by atoms with Crippen molar-refractivity contribution in [1.82, 2.24) is 15.1 Å². The molecule has 0 saturated carbocycles. The highest BCUT2D eigenvalue weighted by Gasteiger charge is 2.12. The Morgan fingerprint density at radius 2 is 1.95 bits per heavy atom. The lowest BCUT2D eigenvalue weighted by atomic mass is 10.0. The van der Waals surface area contributed by atoms with Gasteiger partial charge in [0.05, 0.1) is 5.69 Å². The van der Waals surface area contributed by atoms with E-state index in [0.717, 1.165) is 37.2 Å². The Bertz CT molecular complexity index is 419. The molecule has 4 nitrogen and oxygen atoms in total. The van der Waals surface area contributed by atoms with Crippen LogP contribution in [0.15, 0.2) is 0 Å². The molecule has 0 atom stereocenters. The van der Waals surface area contributed by atoms with E-state index in [1.165, 1.54) is 5.56 Å². The molecule has 1 rings (SSSR count). The minimum atomic E-state index is 0.148. The Morgan fingerprint density at radius 3 is 2.42 bits per heavy atom. The number of amides is 1. The van der Waals surface area contributed by atoms with Crippen LogP contribution in [-0.2, 0) is 18.3 Å². The third kappa shape index (κ3) is 4.37. The van der Waals surface area contributed by atoms with Gasteiger partial charge in [0.2, 0.25) is 5.91 Å². The van der Waals surface area contributed by atoms with Crippen LogP contribution >= 0.6 is 0 Å². The smallest absolute Gasteiger partial charge is 0.220 e. The van der Waals surface area contributed by atoms with Crippen LogP contribution in [0.1, 0.15) is 50.1 Å². The number of hydrogen-bond donors (Lipinski definition) is 1. The molecule has 0 radical (unpaired) electrons. The fourth-order valence-electron chi connectivity index (χ4n) is 2.34. The minimum absolute atomic E-state index is 0.148. The molecule has 4 heteroatoms. The fourth-order valence-corrected chi connectivity index (χ4v) is 2.34. The fraction of sp³-hybridized carbons (Fsp3) is 0.733. The lowest BCUT2D eigenvalue weighted by Gasteiger charge is -2.13. The van der Waals surface area contributed by atoms with Gasteiger partial charge in [-0.2, -0.15) is 5.10 Å². The van der Waals surface area contributed by atoms with Gasteiger partial charge in [-0.25, -0.2) is 0 Å². The van der Waals surface area contributed by atoms with E-state index >= 15 is 0 Å². The zero-order chi connectivity index (χ0) is 14.4. The van der Waals surface area contributed by atoms with Gasteiger partial charge in [-0.1, -0.05) is 26.7 Å². The van der Waals surface area contributed by atoms with E-state index in [4.69, 9.17) is 0 Å². The van der Waals surface area contributed by atoms with E-state index in [1.807, 2.05) is 18.7 Å². The zero-order valence-electron chi connectivity index (χ0n) is 12.9. The van der Waals surface area contributed by atoms with Gasteiger partial charge in [-0.05, 0) is 31.7 Å². The summed E-state index contributed by atoms with van der Waals surface area (Å²) in [4.78, 5) is 11.8. The molecular formula is C15H27N3O. The lowest BCUT2D eigenvalue weighted by Crippen LogP contribution is -2.29. The summed E-state index contributed by atoms with van der Waals surface area (Å²) in [6, 6.07) is 0. The van der Waals surface area contributed by atoms with Crippen molar-refractivity contribution in [1.29, 1.82) is 0 Å². The van der Waals surface area contributed by atoms with E-state index < -0.39 is 0 Å². The third-order valence-corrected chi connectivity index (χ3v) is 4.00. The number of aromatic nitrogens is 2. The van der Waals surface area contributed by atoms with E-state index in [2.05, 4.69) is 31.2 Å². The maximum atomic E-state index is 11.8. The molecule has 108 valence electrons. The summed E-state index contributed by atoms with van der Waals surface area (Å²) in [5.41, 5.74) is 3.40. The number of hydrogen-bond acceptors (Lipinski definition) is 2. The van der Waals surface area contributed by atoms with Crippen LogP contribution < -0.4 is 5.32 Å². The SMILES string of the molecule is CCC(CC)CNC(=O)CCc1c(C)nn(C)c1C. The second-order valence-electron chi connectivity index (χ2n) is 5.26. The molecule has 1 aromatic heterocycles. The van der Waals surface area contributed by atoms with Crippen molar-refractivity contribution in [2.75, 3.05) is 6.54 Å². The van der Waals surface area contributed by atoms with Crippen molar-refractivity contribution >= 4 is 5.91 Å². The number of aryl methyl sites for hydroxylation is 2. The van der Waals surface area contributed by atoms with Gasteiger partial charge in [-0.15, -0.1) is 0 Å². The van der Waals surface area contributed by atoms with E-state index in [9.17, 15) is 4.79 Å². The van der Waals surface area contributed by atoms with Crippen LogP contribution in [0.3, 0.4) is 0 Å². The van der Waals surface area contributed by atoms with Crippen molar-refractivity contribution in [3.63, 3.8) is 0 Å². The Morgan fingerprint density at radius 1 is 1.32 bits per heavy atom. The molecule has 0 spiro atoms. The van der Waals surface area contributed by atoms with Crippen molar-refractivity contribution < 1.29 is 4.79 Å². The molecule has 0 aliphatic heterocycles. The van der Waals surface area contributed by atoms with Gasteiger partial charge < -0.3 is 5.32 Å². The van der Waals surface area contributed by atoms with Crippen molar-refractivity contribution in [3.05, 3.63) is 17.0 Å². The first-order chi connectivity index (χ1) is 8.99. The molecule has 19 heavy (non-hydrogen) atoms. The summed E-state index contributed by atoms with van der Waals surface area (Å²) in [6.07, 6.45) is 3.57. The van der Waals surface area contributed by atoms with Crippen molar-refractivity contribution in [2.24, 2.45) is 13.0 Å². The first-order valence-electron chi connectivity index (χ1n) is 7.25. The molecule has 0 fully saturated rings.